The quantitative estimate of drug-likeness (QED) is 0.495. The van der Waals surface area contributed by atoms with Crippen LogP contribution in [0.15, 0.2) is 66.3 Å². The summed E-state index contributed by atoms with van der Waals surface area (Å²) < 4.78 is 33.3. The van der Waals surface area contributed by atoms with E-state index in [0.29, 0.717) is 40.6 Å². The largest absolute Gasteiger partial charge is 0.489 e. The van der Waals surface area contributed by atoms with Gasteiger partial charge in [0.25, 0.3) is 0 Å². The molecule has 1 aliphatic carbocycles. The Kier molecular flexibility index (Phi) is 8.49. The highest BCUT2D eigenvalue weighted by Gasteiger charge is 2.41. The van der Waals surface area contributed by atoms with Crippen molar-refractivity contribution in [1.82, 2.24) is 10.2 Å². The minimum absolute atomic E-state index is 0.166. The van der Waals surface area contributed by atoms with Gasteiger partial charge in [-0.2, -0.15) is 0 Å². The highest BCUT2D eigenvalue weighted by Crippen LogP contribution is 2.28. The molecule has 2 aromatic carbocycles. The summed E-state index contributed by atoms with van der Waals surface area (Å²) in [6.45, 7) is 3.42. The van der Waals surface area contributed by atoms with Crippen molar-refractivity contribution in [2.75, 3.05) is 19.6 Å². The number of ketones is 1. The number of carbonyl (C=O) groups is 2. The fourth-order valence-corrected chi connectivity index (χ4v) is 6.60. The molecule has 1 saturated heterocycles. The van der Waals surface area contributed by atoms with E-state index in [1.54, 1.807) is 43.3 Å². The maximum absolute atomic E-state index is 13.6. The molecule has 0 saturated carbocycles. The van der Waals surface area contributed by atoms with Crippen LogP contribution in [0.2, 0.25) is 5.02 Å². The molecule has 0 spiro atoms. The number of aliphatic carboxylic acids is 1. The molecule has 37 heavy (non-hydrogen) atoms. The molecule has 2 atom stereocenters. The first-order valence-corrected chi connectivity index (χ1v) is 13.9. The highest BCUT2D eigenvalue weighted by atomic mass is 35.5. The predicted octanol–water partition coefficient (Wildman–Crippen LogP) is 3.15. The van der Waals surface area contributed by atoms with Crippen LogP contribution in [0.4, 0.5) is 0 Å². The summed E-state index contributed by atoms with van der Waals surface area (Å²) in [6, 6.07) is 12.4. The van der Waals surface area contributed by atoms with Gasteiger partial charge in [-0.05, 0) is 47.9 Å². The number of hydrogen-bond donors (Lipinski definition) is 2. The van der Waals surface area contributed by atoms with Crippen molar-refractivity contribution in [2.45, 2.75) is 37.1 Å². The van der Waals surface area contributed by atoms with Gasteiger partial charge in [-0.25, -0.2) is 8.42 Å². The second-order valence-corrected chi connectivity index (χ2v) is 11.9. The summed E-state index contributed by atoms with van der Waals surface area (Å²) in [5.41, 5.74) is 2.88. The fourth-order valence-electron chi connectivity index (χ4n) is 4.50. The molecule has 0 radical (unpaired) electrons. The van der Waals surface area contributed by atoms with E-state index in [9.17, 15) is 23.1 Å². The third-order valence-corrected chi connectivity index (χ3v) is 8.95. The standard InChI is InChI=1S/C27H29ClN2O6S/c1-18-2-9-25(23(31)12-18)37(34,35)26-15-29-10-11-30(26)16-21-13-20(14-27(32)33)5-8-24(21)36-17-19-3-6-22(28)7-4-19/h2-9,12-13,25-26,29H,10-11,14-17H2,1H3,(H,32,33). The first-order valence-electron chi connectivity index (χ1n) is 11.9. The highest BCUT2D eigenvalue weighted by molar-refractivity contribution is 7.93. The number of rotatable bonds is 9. The second kappa shape index (κ2) is 11.6. The molecule has 2 aliphatic rings. The summed E-state index contributed by atoms with van der Waals surface area (Å²) in [5.74, 6) is -0.874. The van der Waals surface area contributed by atoms with Crippen LogP contribution >= 0.6 is 11.6 Å². The van der Waals surface area contributed by atoms with Crippen LogP contribution in [-0.4, -0.2) is 60.4 Å². The van der Waals surface area contributed by atoms with Gasteiger partial charge in [0.2, 0.25) is 0 Å². The van der Waals surface area contributed by atoms with Gasteiger partial charge in [-0.15, -0.1) is 0 Å². The van der Waals surface area contributed by atoms with Gasteiger partial charge in [0, 0.05) is 36.8 Å². The third-order valence-electron chi connectivity index (χ3n) is 6.38. The molecule has 10 heteroatoms. The molecule has 1 aliphatic heterocycles. The van der Waals surface area contributed by atoms with Crippen molar-refractivity contribution in [3.63, 3.8) is 0 Å². The minimum atomic E-state index is -3.89. The van der Waals surface area contributed by atoms with Crippen molar-refractivity contribution >= 4 is 33.2 Å². The number of carboxylic acids is 1. The molecule has 0 aromatic heterocycles. The Morgan fingerprint density at radius 3 is 2.62 bits per heavy atom. The zero-order chi connectivity index (χ0) is 26.6. The van der Waals surface area contributed by atoms with E-state index in [1.165, 1.54) is 12.2 Å². The molecule has 8 nitrogen and oxygen atoms in total. The van der Waals surface area contributed by atoms with Gasteiger partial charge in [0.1, 0.15) is 23.0 Å². The second-order valence-electron chi connectivity index (χ2n) is 9.22. The average Bonchev–Trinajstić information content (AvgIpc) is 2.84. The Bertz CT molecular complexity index is 1340. The Hall–Kier alpha value is -2.98. The fraction of sp³-hybridized carbons (Fsp3) is 0.333. The van der Waals surface area contributed by atoms with Crippen LogP contribution in [0, 0.1) is 0 Å². The molecule has 196 valence electrons. The molecular formula is C27H29ClN2O6S. The topological polar surface area (TPSA) is 113 Å². The van der Waals surface area contributed by atoms with E-state index < -0.39 is 32.2 Å². The lowest BCUT2D eigenvalue weighted by Crippen LogP contribution is -2.57. The zero-order valence-corrected chi connectivity index (χ0v) is 22.0. The number of nitrogens with zero attached hydrogens (tertiary/aromatic N) is 1. The first-order chi connectivity index (χ1) is 17.6. The lowest BCUT2D eigenvalue weighted by molar-refractivity contribution is -0.136. The summed E-state index contributed by atoms with van der Waals surface area (Å²) in [6.07, 6.45) is 4.30. The Morgan fingerprint density at radius 2 is 1.92 bits per heavy atom. The SMILES string of the molecule is CC1=CC(=O)C(S(=O)(=O)C2CNCCN2Cc2cc(CC(=O)O)ccc2OCc2ccc(Cl)cc2)C=C1. The number of halogens is 1. The molecular weight excluding hydrogens is 516 g/mol. The van der Waals surface area contributed by atoms with Crippen molar-refractivity contribution in [2.24, 2.45) is 0 Å². The smallest absolute Gasteiger partial charge is 0.307 e. The van der Waals surface area contributed by atoms with Crippen molar-refractivity contribution in [1.29, 1.82) is 0 Å². The number of piperazine rings is 1. The molecule has 2 unspecified atom stereocenters. The number of sulfone groups is 1. The van der Waals surface area contributed by atoms with Crippen LogP contribution in [0.1, 0.15) is 23.6 Å². The Balaban J connectivity index is 1.60. The first kappa shape index (κ1) is 27.1. The molecule has 1 fully saturated rings. The number of ether oxygens (including phenoxy) is 1. The van der Waals surface area contributed by atoms with Crippen molar-refractivity contribution < 1.29 is 27.9 Å². The third kappa shape index (κ3) is 6.67. The maximum atomic E-state index is 13.6. The number of allylic oxidation sites excluding steroid dienone is 3. The molecule has 0 amide bonds. The van der Waals surface area contributed by atoms with Crippen LogP contribution in [0.25, 0.3) is 0 Å². The van der Waals surface area contributed by atoms with Crippen LogP contribution in [0.5, 0.6) is 5.75 Å². The lowest BCUT2D eigenvalue weighted by atomic mass is 10.1. The molecule has 4 rings (SSSR count). The van der Waals surface area contributed by atoms with Crippen molar-refractivity contribution in [3.8, 4) is 5.75 Å². The van der Waals surface area contributed by atoms with E-state index in [4.69, 9.17) is 16.3 Å². The molecule has 2 N–H and O–H groups in total. The summed E-state index contributed by atoms with van der Waals surface area (Å²) >= 11 is 5.97. The number of benzene rings is 2. The van der Waals surface area contributed by atoms with E-state index in [-0.39, 0.29) is 26.1 Å². The zero-order valence-electron chi connectivity index (χ0n) is 20.4. The number of carbonyl (C=O) groups excluding carboxylic acids is 1. The van der Waals surface area contributed by atoms with Gasteiger partial charge in [-0.3, -0.25) is 14.5 Å². The Labute approximate surface area is 221 Å². The van der Waals surface area contributed by atoms with Crippen LogP contribution in [-0.2, 0) is 39.0 Å². The van der Waals surface area contributed by atoms with E-state index in [2.05, 4.69) is 5.32 Å². The van der Waals surface area contributed by atoms with Crippen LogP contribution < -0.4 is 10.1 Å². The van der Waals surface area contributed by atoms with E-state index in [1.807, 2.05) is 17.0 Å². The van der Waals surface area contributed by atoms with Gasteiger partial charge in [-0.1, -0.05) is 48.0 Å². The number of hydrogen-bond acceptors (Lipinski definition) is 7. The molecule has 1 heterocycles. The molecule has 2 aromatic rings. The van der Waals surface area contributed by atoms with Crippen LogP contribution in [0.3, 0.4) is 0 Å². The maximum Gasteiger partial charge on any atom is 0.307 e. The van der Waals surface area contributed by atoms with Crippen molar-refractivity contribution in [3.05, 3.63) is 88.0 Å². The monoisotopic (exact) mass is 544 g/mol. The summed E-state index contributed by atoms with van der Waals surface area (Å²) in [4.78, 5) is 25.7. The van der Waals surface area contributed by atoms with E-state index >= 15 is 0 Å². The predicted molar refractivity (Wildman–Crippen MR) is 141 cm³/mol. The summed E-state index contributed by atoms with van der Waals surface area (Å²) in [5, 5.41) is 10.9. The van der Waals surface area contributed by atoms with Gasteiger partial charge < -0.3 is 15.2 Å². The Morgan fingerprint density at radius 1 is 1.19 bits per heavy atom. The number of carboxylic acid groups (broad SMARTS) is 1. The van der Waals surface area contributed by atoms with E-state index in [0.717, 1.165) is 5.56 Å². The van der Waals surface area contributed by atoms with Gasteiger partial charge in [0.15, 0.2) is 15.6 Å². The summed E-state index contributed by atoms with van der Waals surface area (Å²) in [7, 11) is -3.89. The average molecular weight is 545 g/mol. The van der Waals surface area contributed by atoms with Gasteiger partial charge in [0.05, 0.1) is 6.42 Å². The normalized spacial score (nSPS) is 20.5. The van der Waals surface area contributed by atoms with Gasteiger partial charge >= 0.3 is 5.97 Å². The minimum Gasteiger partial charge on any atom is -0.489 e. The lowest BCUT2D eigenvalue weighted by Gasteiger charge is -2.37. The molecule has 0 bridgehead atoms. The number of nitrogens with one attached hydrogen (secondary N) is 1.